The van der Waals surface area contributed by atoms with Crippen molar-refractivity contribution in [3.8, 4) is 5.75 Å². The molecule has 1 aromatic rings. The molecule has 1 aromatic carbocycles. The second-order valence-electron chi connectivity index (χ2n) is 6.18. The maximum Gasteiger partial charge on any atom is 0.310 e. The van der Waals surface area contributed by atoms with Crippen LogP contribution in [0.5, 0.6) is 5.75 Å². The van der Waals surface area contributed by atoms with Crippen LogP contribution >= 0.6 is 15.9 Å². The van der Waals surface area contributed by atoms with Crippen LogP contribution in [0.3, 0.4) is 0 Å². The average Bonchev–Trinajstić information content (AvgIpc) is 3.12. The first kappa shape index (κ1) is 14.1. The number of fused-ring (bicyclic) bond motifs is 1. The Morgan fingerprint density at radius 3 is 2.73 bits per heavy atom. The normalized spacial score (nSPS) is 38.0. The van der Waals surface area contributed by atoms with Crippen molar-refractivity contribution < 1.29 is 19.1 Å². The van der Waals surface area contributed by atoms with Gasteiger partial charge >= 0.3 is 5.97 Å². The highest BCUT2D eigenvalue weighted by molar-refractivity contribution is 9.09. The van der Waals surface area contributed by atoms with Gasteiger partial charge in [0.15, 0.2) is 0 Å². The first-order valence-corrected chi connectivity index (χ1v) is 8.31. The number of esters is 1. The molecule has 1 heterocycles. The molecular weight excluding hydrogens is 350 g/mol. The summed E-state index contributed by atoms with van der Waals surface area (Å²) in [6.07, 6.45) is 0.838. The number of hydrogen-bond acceptors (Lipinski definition) is 4. The Hall–Kier alpha value is -1.56. The van der Waals surface area contributed by atoms with Gasteiger partial charge in [0.1, 0.15) is 11.9 Å². The highest BCUT2D eigenvalue weighted by atomic mass is 79.9. The van der Waals surface area contributed by atoms with E-state index in [4.69, 9.17) is 9.47 Å². The van der Waals surface area contributed by atoms with E-state index < -0.39 is 0 Å². The summed E-state index contributed by atoms with van der Waals surface area (Å²) in [6, 6.07) is 7.18. The van der Waals surface area contributed by atoms with E-state index in [0.29, 0.717) is 5.69 Å². The van der Waals surface area contributed by atoms with Crippen LogP contribution in [0.1, 0.15) is 6.42 Å². The van der Waals surface area contributed by atoms with Crippen LogP contribution in [-0.2, 0) is 14.3 Å². The number of hydrogen-bond donors (Lipinski definition) is 1. The standard InChI is InChI=1S/C16H16BrNO4/c1-21-8-4-2-7(3-5-8)18-15(19)11-9-6-10-12(11)16(20)22-14(10)13(9)17/h2-5,9-14H,6H2,1H3,(H,18,19)/t9-,10-,11-,12+,13+,14+/m1/s1. The van der Waals surface area contributed by atoms with Crippen LogP contribution in [0.15, 0.2) is 24.3 Å². The number of carbonyl (C=O) groups excluding carboxylic acids is 2. The molecule has 1 saturated heterocycles. The second-order valence-corrected chi connectivity index (χ2v) is 7.24. The third-order valence-corrected chi connectivity index (χ3v) is 6.38. The predicted octanol–water partition coefficient (Wildman–Crippen LogP) is 2.20. The minimum absolute atomic E-state index is 0.0486. The highest BCUT2D eigenvalue weighted by Gasteiger charge is 2.67. The summed E-state index contributed by atoms with van der Waals surface area (Å²) >= 11 is 3.62. The molecule has 116 valence electrons. The molecule has 3 fully saturated rings. The van der Waals surface area contributed by atoms with Crippen molar-refractivity contribution in [1.82, 2.24) is 0 Å². The predicted molar refractivity (Wildman–Crippen MR) is 82.8 cm³/mol. The molecule has 22 heavy (non-hydrogen) atoms. The van der Waals surface area contributed by atoms with Gasteiger partial charge in [-0.3, -0.25) is 9.59 Å². The Bertz CT molecular complexity index is 632. The van der Waals surface area contributed by atoms with Gasteiger partial charge in [-0.05, 0) is 36.6 Å². The fraction of sp³-hybridized carbons (Fsp3) is 0.500. The Balaban J connectivity index is 1.54. The van der Waals surface area contributed by atoms with Crippen LogP contribution in [0.2, 0.25) is 0 Å². The maximum absolute atomic E-state index is 12.7. The quantitative estimate of drug-likeness (QED) is 0.658. The van der Waals surface area contributed by atoms with Crippen LogP contribution in [-0.4, -0.2) is 29.9 Å². The second kappa shape index (κ2) is 4.98. The summed E-state index contributed by atoms with van der Waals surface area (Å²) in [5.41, 5.74) is 0.711. The smallest absolute Gasteiger partial charge is 0.310 e. The molecule has 0 aromatic heterocycles. The van der Waals surface area contributed by atoms with Crippen molar-refractivity contribution in [2.45, 2.75) is 17.4 Å². The van der Waals surface area contributed by atoms with Gasteiger partial charge in [-0.25, -0.2) is 0 Å². The summed E-state index contributed by atoms with van der Waals surface area (Å²) in [4.78, 5) is 24.8. The van der Waals surface area contributed by atoms with Gasteiger partial charge in [-0.1, -0.05) is 15.9 Å². The third kappa shape index (κ3) is 1.89. The van der Waals surface area contributed by atoms with Crippen LogP contribution in [0, 0.1) is 23.7 Å². The molecular formula is C16H16BrNO4. The molecule has 1 amide bonds. The molecule has 0 radical (unpaired) electrons. The number of amides is 1. The molecule has 2 bridgehead atoms. The van der Waals surface area contributed by atoms with E-state index in [1.807, 2.05) is 0 Å². The number of anilines is 1. The van der Waals surface area contributed by atoms with Gasteiger partial charge in [0.25, 0.3) is 0 Å². The van der Waals surface area contributed by atoms with Crippen LogP contribution in [0.4, 0.5) is 5.69 Å². The molecule has 0 unspecified atom stereocenters. The van der Waals surface area contributed by atoms with Gasteiger partial charge in [-0.2, -0.15) is 0 Å². The Labute approximate surface area is 136 Å². The molecule has 6 heteroatoms. The van der Waals surface area contributed by atoms with Crippen molar-refractivity contribution in [3.63, 3.8) is 0 Å². The number of alkyl halides is 1. The number of carbonyl (C=O) groups is 2. The number of benzene rings is 1. The van der Waals surface area contributed by atoms with Crippen molar-refractivity contribution in [2.75, 3.05) is 12.4 Å². The van der Waals surface area contributed by atoms with Gasteiger partial charge in [0, 0.05) is 11.6 Å². The Morgan fingerprint density at radius 2 is 2.05 bits per heavy atom. The lowest BCUT2D eigenvalue weighted by Crippen LogP contribution is -2.40. The fourth-order valence-electron chi connectivity index (χ4n) is 4.23. The van der Waals surface area contributed by atoms with E-state index in [1.165, 1.54) is 0 Å². The molecule has 4 rings (SSSR count). The zero-order valence-corrected chi connectivity index (χ0v) is 13.6. The largest absolute Gasteiger partial charge is 0.497 e. The summed E-state index contributed by atoms with van der Waals surface area (Å²) in [7, 11) is 1.60. The summed E-state index contributed by atoms with van der Waals surface area (Å²) in [6.45, 7) is 0. The summed E-state index contributed by atoms with van der Waals surface area (Å²) < 4.78 is 10.5. The number of rotatable bonds is 3. The number of methoxy groups -OCH3 is 1. The number of ether oxygens (including phenoxy) is 2. The maximum atomic E-state index is 12.7. The monoisotopic (exact) mass is 365 g/mol. The molecule has 6 atom stereocenters. The lowest BCUT2D eigenvalue weighted by Gasteiger charge is -2.27. The van der Waals surface area contributed by atoms with Crippen molar-refractivity contribution >= 4 is 33.5 Å². The van der Waals surface area contributed by atoms with E-state index in [9.17, 15) is 9.59 Å². The lowest BCUT2D eigenvalue weighted by molar-refractivity contribution is -0.145. The molecule has 0 spiro atoms. The summed E-state index contributed by atoms with van der Waals surface area (Å²) in [5.74, 6) is 0.211. The van der Waals surface area contributed by atoms with E-state index in [2.05, 4.69) is 21.2 Å². The van der Waals surface area contributed by atoms with E-state index in [0.717, 1.165) is 12.2 Å². The topological polar surface area (TPSA) is 64.6 Å². The highest BCUT2D eigenvalue weighted by Crippen LogP contribution is 2.60. The first-order valence-electron chi connectivity index (χ1n) is 7.39. The van der Waals surface area contributed by atoms with Gasteiger partial charge in [-0.15, -0.1) is 0 Å². The minimum Gasteiger partial charge on any atom is -0.497 e. The Kier molecular flexibility index (Phi) is 3.18. The third-order valence-electron chi connectivity index (χ3n) is 5.18. The molecule has 1 N–H and O–H groups in total. The molecule has 5 nitrogen and oxygen atoms in total. The zero-order chi connectivity index (χ0) is 15.4. The van der Waals surface area contributed by atoms with Crippen LogP contribution in [0.25, 0.3) is 0 Å². The van der Waals surface area contributed by atoms with Crippen LogP contribution < -0.4 is 10.1 Å². The van der Waals surface area contributed by atoms with E-state index >= 15 is 0 Å². The number of halogens is 1. The van der Waals surface area contributed by atoms with E-state index in [-0.39, 0.29) is 46.5 Å². The van der Waals surface area contributed by atoms with Gasteiger partial charge in [0.05, 0.1) is 23.8 Å². The van der Waals surface area contributed by atoms with Crippen molar-refractivity contribution in [3.05, 3.63) is 24.3 Å². The van der Waals surface area contributed by atoms with Gasteiger partial charge < -0.3 is 14.8 Å². The SMILES string of the molecule is COc1ccc(NC(=O)[C@@H]2[C@H]3C[C@H]4[C@H](OC(=O)[C@@H]42)[C@H]3Br)cc1. The first-order chi connectivity index (χ1) is 10.6. The van der Waals surface area contributed by atoms with Gasteiger partial charge in [0.2, 0.25) is 5.91 Å². The molecule has 2 saturated carbocycles. The van der Waals surface area contributed by atoms with E-state index in [1.54, 1.807) is 31.4 Å². The Morgan fingerprint density at radius 1 is 1.32 bits per heavy atom. The fourth-order valence-corrected chi connectivity index (χ4v) is 5.28. The molecule has 3 aliphatic rings. The molecule has 2 aliphatic carbocycles. The van der Waals surface area contributed by atoms with Crippen molar-refractivity contribution in [2.24, 2.45) is 23.7 Å². The minimum atomic E-state index is -0.303. The zero-order valence-electron chi connectivity index (χ0n) is 12.0. The summed E-state index contributed by atoms with van der Waals surface area (Å²) in [5, 5.41) is 2.92. The van der Waals surface area contributed by atoms with Crippen molar-refractivity contribution in [1.29, 1.82) is 0 Å². The molecule has 1 aliphatic heterocycles. The lowest BCUT2D eigenvalue weighted by atomic mass is 9.79. The average molecular weight is 366 g/mol. The number of nitrogens with one attached hydrogen (secondary N) is 1.